The molecule has 0 bridgehead atoms. The van der Waals surface area contributed by atoms with E-state index in [1.807, 2.05) is 38.1 Å². The Kier molecular flexibility index (Phi) is 8.15. The highest BCUT2D eigenvalue weighted by Gasteiger charge is 2.33. The second kappa shape index (κ2) is 10.8. The molecule has 1 aliphatic heterocycles. The molecule has 2 aromatic carbocycles. The van der Waals surface area contributed by atoms with Crippen LogP contribution in [0.3, 0.4) is 0 Å². The van der Waals surface area contributed by atoms with Gasteiger partial charge in [0, 0.05) is 26.1 Å². The minimum atomic E-state index is -3.58. The van der Waals surface area contributed by atoms with Crippen molar-refractivity contribution in [3.05, 3.63) is 54.1 Å². The molecule has 0 aliphatic carbocycles. The van der Waals surface area contributed by atoms with Gasteiger partial charge >= 0.3 is 0 Å². The van der Waals surface area contributed by atoms with Crippen molar-refractivity contribution in [3.63, 3.8) is 0 Å². The highest BCUT2D eigenvalue weighted by atomic mass is 32.2. The lowest BCUT2D eigenvalue weighted by Crippen LogP contribution is -2.44. The van der Waals surface area contributed by atoms with Crippen LogP contribution >= 0.6 is 0 Å². The molecule has 0 unspecified atom stereocenters. The monoisotopic (exact) mass is 460 g/mol. The lowest BCUT2D eigenvalue weighted by molar-refractivity contribution is -0.135. The maximum absolute atomic E-state index is 12.9. The van der Waals surface area contributed by atoms with Gasteiger partial charge in [-0.2, -0.15) is 4.31 Å². The van der Waals surface area contributed by atoms with Crippen molar-refractivity contribution in [1.82, 2.24) is 9.21 Å². The summed E-state index contributed by atoms with van der Waals surface area (Å²) in [5.74, 6) is 1.33. The molecule has 0 saturated carbocycles. The number of hydrogen-bond donors (Lipinski definition) is 0. The fourth-order valence-electron chi connectivity index (χ4n) is 3.80. The molecule has 174 valence electrons. The fourth-order valence-corrected chi connectivity index (χ4v) is 5.27. The first-order valence-electron chi connectivity index (χ1n) is 11.0. The molecule has 32 heavy (non-hydrogen) atoms. The third kappa shape index (κ3) is 5.81. The van der Waals surface area contributed by atoms with Gasteiger partial charge in [-0.25, -0.2) is 8.42 Å². The molecule has 8 heteroatoms. The van der Waals surface area contributed by atoms with Crippen molar-refractivity contribution in [1.29, 1.82) is 0 Å². The van der Waals surface area contributed by atoms with Crippen molar-refractivity contribution in [2.75, 3.05) is 39.9 Å². The molecule has 1 fully saturated rings. The second-order valence-electron chi connectivity index (χ2n) is 7.96. The molecule has 7 nitrogen and oxygen atoms in total. The Morgan fingerprint density at radius 2 is 1.72 bits per heavy atom. The van der Waals surface area contributed by atoms with E-state index in [0.29, 0.717) is 51.4 Å². The number of ether oxygens (including phenoxy) is 2. The number of benzene rings is 2. The topological polar surface area (TPSA) is 76.2 Å². The Morgan fingerprint density at radius 1 is 1.06 bits per heavy atom. The quantitative estimate of drug-likeness (QED) is 0.574. The smallest absolute Gasteiger partial charge is 0.243 e. The van der Waals surface area contributed by atoms with E-state index in [2.05, 4.69) is 0 Å². The third-order valence-corrected chi connectivity index (χ3v) is 7.64. The van der Waals surface area contributed by atoms with E-state index in [4.69, 9.17) is 9.47 Å². The number of piperidine rings is 1. The Morgan fingerprint density at radius 3 is 2.34 bits per heavy atom. The Balaban J connectivity index is 1.49. The second-order valence-corrected chi connectivity index (χ2v) is 9.89. The van der Waals surface area contributed by atoms with Crippen LogP contribution in [0.2, 0.25) is 0 Å². The molecule has 1 aliphatic rings. The largest absolute Gasteiger partial charge is 0.494 e. The van der Waals surface area contributed by atoms with Crippen molar-refractivity contribution in [2.24, 2.45) is 5.92 Å². The molecule has 0 atom stereocenters. The van der Waals surface area contributed by atoms with Gasteiger partial charge in [-0.1, -0.05) is 18.2 Å². The maximum atomic E-state index is 12.9. The van der Waals surface area contributed by atoms with Gasteiger partial charge in [0.25, 0.3) is 0 Å². The number of sulfonamides is 1. The standard InChI is InChI=1S/C24H32N2O5S/c1-4-30-21-9-11-22(12-10-21)32(28,29)26-15-13-20(14-16-26)24(27)25(3)17-18-31-23-8-6-5-7-19(23)2/h5-12,20H,4,13-18H2,1-3H3. The molecule has 1 amide bonds. The Bertz CT molecular complexity index is 999. The molecule has 0 aromatic heterocycles. The average molecular weight is 461 g/mol. The van der Waals surface area contributed by atoms with E-state index in [9.17, 15) is 13.2 Å². The number of aryl methyl sites for hydroxylation is 1. The van der Waals surface area contributed by atoms with Crippen LogP contribution in [0.15, 0.2) is 53.4 Å². The Hall–Kier alpha value is -2.58. The predicted octanol–water partition coefficient (Wildman–Crippen LogP) is 3.33. The first-order chi connectivity index (χ1) is 15.3. The van der Waals surface area contributed by atoms with Crippen LogP contribution < -0.4 is 9.47 Å². The maximum Gasteiger partial charge on any atom is 0.243 e. The summed E-state index contributed by atoms with van der Waals surface area (Å²) < 4.78 is 38.5. The summed E-state index contributed by atoms with van der Waals surface area (Å²) in [6.07, 6.45) is 1.02. The first kappa shape index (κ1) is 24.1. The lowest BCUT2D eigenvalue weighted by atomic mass is 9.97. The Labute approximate surface area is 191 Å². The summed E-state index contributed by atoms with van der Waals surface area (Å²) in [4.78, 5) is 14.7. The molecular formula is C24H32N2O5S. The van der Waals surface area contributed by atoms with E-state index in [1.54, 1.807) is 36.2 Å². The molecule has 0 spiro atoms. The van der Waals surface area contributed by atoms with Crippen LogP contribution in [-0.4, -0.2) is 63.4 Å². The van der Waals surface area contributed by atoms with Gasteiger partial charge in [0.2, 0.25) is 15.9 Å². The van der Waals surface area contributed by atoms with Crippen LogP contribution in [0, 0.1) is 12.8 Å². The molecule has 0 N–H and O–H groups in total. The highest BCUT2D eigenvalue weighted by molar-refractivity contribution is 7.89. The van der Waals surface area contributed by atoms with Crippen molar-refractivity contribution in [2.45, 2.75) is 31.6 Å². The molecule has 3 rings (SSSR count). The van der Waals surface area contributed by atoms with Crippen LogP contribution in [0.4, 0.5) is 0 Å². The summed E-state index contributed by atoms with van der Waals surface area (Å²) in [5.41, 5.74) is 1.06. The number of likely N-dealkylation sites (N-methyl/N-ethyl adjacent to an activating group) is 1. The summed E-state index contributed by atoms with van der Waals surface area (Å²) in [6.45, 7) is 5.96. The van der Waals surface area contributed by atoms with Crippen molar-refractivity contribution >= 4 is 15.9 Å². The SMILES string of the molecule is CCOc1ccc(S(=O)(=O)N2CCC(C(=O)N(C)CCOc3ccccc3C)CC2)cc1. The van der Waals surface area contributed by atoms with Crippen LogP contribution in [-0.2, 0) is 14.8 Å². The fraction of sp³-hybridized carbons (Fsp3) is 0.458. The zero-order valence-corrected chi connectivity index (χ0v) is 19.8. The molecule has 2 aromatic rings. The van der Waals surface area contributed by atoms with E-state index < -0.39 is 10.0 Å². The van der Waals surface area contributed by atoms with E-state index in [-0.39, 0.29) is 16.7 Å². The number of rotatable bonds is 9. The molecule has 1 saturated heterocycles. The number of hydrogen-bond acceptors (Lipinski definition) is 5. The van der Waals surface area contributed by atoms with Gasteiger partial charge in [-0.05, 0) is 62.6 Å². The van der Waals surface area contributed by atoms with Crippen molar-refractivity contribution < 1.29 is 22.7 Å². The minimum Gasteiger partial charge on any atom is -0.494 e. The van der Waals surface area contributed by atoms with E-state index >= 15 is 0 Å². The molecule has 1 heterocycles. The average Bonchev–Trinajstić information content (AvgIpc) is 2.80. The van der Waals surface area contributed by atoms with Crippen LogP contribution in [0.1, 0.15) is 25.3 Å². The number of nitrogens with zero attached hydrogens (tertiary/aromatic N) is 2. The first-order valence-corrected chi connectivity index (χ1v) is 12.4. The van der Waals surface area contributed by atoms with Crippen LogP contribution in [0.25, 0.3) is 0 Å². The number of amides is 1. The van der Waals surface area contributed by atoms with Gasteiger partial charge in [0.05, 0.1) is 18.0 Å². The van der Waals surface area contributed by atoms with Gasteiger partial charge in [-0.3, -0.25) is 4.79 Å². The van der Waals surface area contributed by atoms with Gasteiger partial charge in [-0.15, -0.1) is 0 Å². The normalized spacial score (nSPS) is 15.3. The third-order valence-electron chi connectivity index (χ3n) is 5.73. The van der Waals surface area contributed by atoms with E-state index in [0.717, 1.165) is 11.3 Å². The summed E-state index contributed by atoms with van der Waals surface area (Å²) in [5, 5.41) is 0. The highest BCUT2D eigenvalue weighted by Crippen LogP contribution is 2.26. The van der Waals surface area contributed by atoms with Crippen LogP contribution in [0.5, 0.6) is 11.5 Å². The van der Waals surface area contributed by atoms with Gasteiger partial charge in [0.1, 0.15) is 18.1 Å². The predicted molar refractivity (Wildman–Crippen MR) is 123 cm³/mol. The minimum absolute atomic E-state index is 0.0384. The lowest BCUT2D eigenvalue weighted by Gasteiger charge is -2.32. The zero-order chi connectivity index (χ0) is 23.1. The molecule has 0 radical (unpaired) electrons. The zero-order valence-electron chi connectivity index (χ0n) is 19.0. The number of carbonyl (C=O) groups excluding carboxylic acids is 1. The molecular weight excluding hydrogens is 428 g/mol. The van der Waals surface area contributed by atoms with Gasteiger partial charge in [0.15, 0.2) is 0 Å². The number of carbonyl (C=O) groups is 1. The van der Waals surface area contributed by atoms with Gasteiger partial charge < -0.3 is 14.4 Å². The summed E-state index contributed by atoms with van der Waals surface area (Å²) in [7, 11) is -1.81. The van der Waals surface area contributed by atoms with E-state index in [1.165, 1.54) is 4.31 Å². The summed E-state index contributed by atoms with van der Waals surface area (Å²) >= 11 is 0. The van der Waals surface area contributed by atoms with Crippen molar-refractivity contribution in [3.8, 4) is 11.5 Å². The number of para-hydroxylation sites is 1. The summed E-state index contributed by atoms with van der Waals surface area (Å²) in [6, 6.07) is 14.3.